The monoisotopic (exact) mass is 523 g/mol. The van der Waals surface area contributed by atoms with Gasteiger partial charge in [-0.25, -0.2) is 0 Å². The molecule has 1 aromatic rings. The molecule has 0 radical (unpaired) electrons. The van der Waals surface area contributed by atoms with E-state index in [4.69, 9.17) is 0 Å². The SMILES string of the molecule is O=C1[C@H]2[C@@H]3C[C@H]([C@@H](Br)[C@H]3Br)[C@@H]2C(=O)N1c1ccc(I)cc1. The molecule has 4 rings (SSSR count). The van der Waals surface area contributed by atoms with Gasteiger partial charge in [-0.3, -0.25) is 14.5 Å². The molecule has 2 bridgehead atoms. The zero-order valence-corrected chi connectivity index (χ0v) is 16.2. The van der Waals surface area contributed by atoms with E-state index in [2.05, 4.69) is 54.5 Å². The molecule has 0 N–H and O–H groups in total. The van der Waals surface area contributed by atoms with E-state index in [-0.39, 0.29) is 45.1 Å². The van der Waals surface area contributed by atoms with Gasteiger partial charge in [-0.1, -0.05) is 31.9 Å². The largest absolute Gasteiger partial charge is 0.274 e. The van der Waals surface area contributed by atoms with Crippen molar-refractivity contribution in [2.24, 2.45) is 23.7 Å². The number of benzene rings is 1. The quantitative estimate of drug-likeness (QED) is 0.320. The average molecular weight is 525 g/mol. The van der Waals surface area contributed by atoms with Gasteiger partial charge in [-0.15, -0.1) is 0 Å². The molecule has 2 saturated carbocycles. The lowest BCUT2D eigenvalue weighted by molar-refractivity contribution is -0.123. The number of imide groups is 1. The number of halogens is 3. The van der Waals surface area contributed by atoms with Gasteiger partial charge in [0.05, 0.1) is 17.5 Å². The van der Waals surface area contributed by atoms with Gasteiger partial charge in [0, 0.05) is 13.2 Å². The Kier molecular flexibility index (Phi) is 3.50. The molecule has 2 amide bonds. The average Bonchev–Trinajstić information content (AvgIpc) is 3.06. The number of anilines is 1. The van der Waals surface area contributed by atoms with Crippen LogP contribution in [-0.4, -0.2) is 21.5 Å². The van der Waals surface area contributed by atoms with Gasteiger partial charge in [0.2, 0.25) is 11.8 Å². The second-order valence-electron chi connectivity index (χ2n) is 5.99. The third kappa shape index (κ3) is 1.94. The summed E-state index contributed by atoms with van der Waals surface area (Å²) in [6.07, 6.45) is 0.971. The number of hydrogen-bond donors (Lipinski definition) is 0. The van der Waals surface area contributed by atoms with Crippen LogP contribution in [-0.2, 0) is 9.59 Å². The van der Waals surface area contributed by atoms with Crippen molar-refractivity contribution in [2.45, 2.75) is 16.1 Å². The number of carbonyl (C=O) groups is 2. The Morgan fingerprint density at radius 3 is 1.90 bits per heavy atom. The highest BCUT2D eigenvalue weighted by atomic mass is 127. The number of hydrogen-bond acceptors (Lipinski definition) is 2. The van der Waals surface area contributed by atoms with Gasteiger partial charge in [0.15, 0.2) is 0 Å². The second kappa shape index (κ2) is 5.03. The minimum absolute atomic E-state index is 0.0115. The van der Waals surface area contributed by atoms with Crippen LogP contribution in [0.25, 0.3) is 0 Å². The summed E-state index contributed by atoms with van der Waals surface area (Å²) in [4.78, 5) is 27.6. The highest BCUT2D eigenvalue weighted by Gasteiger charge is 2.66. The van der Waals surface area contributed by atoms with Gasteiger partial charge < -0.3 is 0 Å². The molecule has 1 aromatic carbocycles. The number of rotatable bonds is 1. The molecule has 3 nitrogen and oxygen atoms in total. The highest BCUT2D eigenvalue weighted by molar-refractivity contribution is 14.1. The summed E-state index contributed by atoms with van der Waals surface area (Å²) < 4.78 is 1.09. The molecule has 1 aliphatic heterocycles. The maximum atomic E-state index is 12.8. The number of amides is 2. The molecule has 0 spiro atoms. The van der Waals surface area contributed by atoms with Crippen LogP contribution in [0.4, 0.5) is 5.69 Å². The smallest absolute Gasteiger partial charge is 0.238 e. The fourth-order valence-corrected chi connectivity index (χ4v) is 6.43. The second-order valence-corrected chi connectivity index (χ2v) is 9.35. The minimum atomic E-state index is -0.139. The summed E-state index contributed by atoms with van der Waals surface area (Å²) in [5.74, 6) is 0.245. The van der Waals surface area contributed by atoms with E-state index in [9.17, 15) is 9.59 Å². The van der Waals surface area contributed by atoms with Crippen LogP contribution < -0.4 is 4.90 Å². The standard InChI is InChI=1S/C15H12Br2INO2/c16-12-8-5-9(13(12)17)11-10(8)14(20)19(15(11)21)7-3-1-6(18)2-4-7/h1-4,8-13H,5H2/t8-,9-,10-,11-,12-,13+/m0/s1. The lowest BCUT2D eigenvalue weighted by Gasteiger charge is -2.28. The fourth-order valence-electron chi connectivity index (χ4n) is 4.19. The van der Waals surface area contributed by atoms with Crippen LogP contribution in [0.1, 0.15) is 6.42 Å². The highest BCUT2D eigenvalue weighted by Crippen LogP contribution is 2.60. The Morgan fingerprint density at radius 1 is 0.952 bits per heavy atom. The molecule has 6 atom stereocenters. The Morgan fingerprint density at radius 2 is 1.43 bits per heavy atom. The van der Waals surface area contributed by atoms with Crippen LogP contribution >= 0.6 is 54.5 Å². The van der Waals surface area contributed by atoms with Crippen LogP contribution in [0.2, 0.25) is 0 Å². The lowest BCUT2D eigenvalue weighted by Crippen LogP contribution is -2.37. The van der Waals surface area contributed by atoms with Crippen molar-refractivity contribution in [1.29, 1.82) is 0 Å². The first kappa shape index (κ1) is 14.6. The van der Waals surface area contributed by atoms with E-state index in [1.807, 2.05) is 24.3 Å². The van der Waals surface area contributed by atoms with Crippen LogP contribution in [0, 0.1) is 27.2 Å². The predicted molar refractivity (Wildman–Crippen MR) is 95.7 cm³/mol. The van der Waals surface area contributed by atoms with Crippen LogP contribution in [0.5, 0.6) is 0 Å². The summed E-state index contributed by atoms with van der Waals surface area (Å²) in [5, 5.41) is 0. The molecule has 0 aromatic heterocycles. The number of carbonyl (C=O) groups excluding carboxylic acids is 2. The topological polar surface area (TPSA) is 37.4 Å². The van der Waals surface area contributed by atoms with Crippen LogP contribution in [0.15, 0.2) is 24.3 Å². The normalized spacial score (nSPS) is 41.0. The van der Waals surface area contributed by atoms with Gasteiger partial charge in [-0.2, -0.15) is 0 Å². The van der Waals surface area contributed by atoms with Crippen molar-refractivity contribution in [1.82, 2.24) is 0 Å². The summed E-state index contributed by atoms with van der Waals surface area (Å²) in [7, 11) is 0. The minimum Gasteiger partial charge on any atom is -0.274 e. The zero-order chi connectivity index (χ0) is 14.9. The molecule has 2 aliphatic carbocycles. The van der Waals surface area contributed by atoms with E-state index in [1.165, 1.54) is 4.90 Å². The van der Waals surface area contributed by atoms with Gasteiger partial charge in [-0.05, 0) is 65.1 Å². The predicted octanol–water partition coefficient (Wildman–Crippen LogP) is 3.57. The maximum absolute atomic E-state index is 12.8. The molecule has 110 valence electrons. The number of nitrogens with zero attached hydrogens (tertiary/aromatic N) is 1. The number of alkyl halides is 2. The number of fused-ring (bicyclic) bond motifs is 5. The van der Waals surface area contributed by atoms with Crippen molar-refractivity contribution >= 4 is 72.0 Å². The van der Waals surface area contributed by atoms with E-state index < -0.39 is 0 Å². The van der Waals surface area contributed by atoms with E-state index >= 15 is 0 Å². The molecule has 21 heavy (non-hydrogen) atoms. The molecular weight excluding hydrogens is 513 g/mol. The van der Waals surface area contributed by atoms with Crippen molar-refractivity contribution in [2.75, 3.05) is 4.90 Å². The first-order valence-electron chi connectivity index (χ1n) is 6.92. The zero-order valence-electron chi connectivity index (χ0n) is 10.9. The first-order chi connectivity index (χ1) is 10.0. The van der Waals surface area contributed by atoms with Crippen LogP contribution in [0.3, 0.4) is 0 Å². The molecule has 3 fully saturated rings. The Bertz CT molecular complexity index is 603. The molecule has 0 unspecified atom stereocenters. The Hall–Kier alpha value is 0.0500. The Labute approximate surface area is 153 Å². The first-order valence-corrected chi connectivity index (χ1v) is 9.83. The Balaban J connectivity index is 1.73. The van der Waals surface area contributed by atoms with E-state index in [1.54, 1.807) is 0 Å². The molecule has 1 heterocycles. The third-order valence-electron chi connectivity index (χ3n) is 5.07. The van der Waals surface area contributed by atoms with E-state index in [0.29, 0.717) is 5.69 Å². The van der Waals surface area contributed by atoms with Gasteiger partial charge >= 0.3 is 0 Å². The van der Waals surface area contributed by atoms with Crippen molar-refractivity contribution in [3.63, 3.8) is 0 Å². The maximum Gasteiger partial charge on any atom is 0.238 e. The summed E-state index contributed by atoms with van der Waals surface area (Å²) in [6, 6.07) is 7.58. The van der Waals surface area contributed by atoms with Crippen molar-refractivity contribution < 1.29 is 9.59 Å². The van der Waals surface area contributed by atoms with Gasteiger partial charge in [0.1, 0.15) is 0 Å². The molecule has 6 heteroatoms. The van der Waals surface area contributed by atoms with Crippen molar-refractivity contribution in [3.05, 3.63) is 27.8 Å². The fraction of sp³-hybridized carbons (Fsp3) is 0.467. The van der Waals surface area contributed by atoms with Crippen molar-refractivity contribution in [3.8, 4) is 0 Å². The summed E-state index contributed by atoms with van der Waals surface area (Å²) in [5.41, 5.74) is 0.705. The molecule has 1 saturated heterocycles. The summed E-state index contributed by atoms with van der Waals surface area (Å²) in [6.45, 7) is 0. The van der Waals surface area contributed by atoms with E-state index in [0.717, 1.165) is 9.99 Å². The molecular formula is C15H12Br2INO2. The summed E-state index contributed by atoms with van der Waals surface area (Å²) >= 11 is 9.62. The third-order valence-corrected chi connectivity index (χ3v) is 9.00. The molecule has 3 aliphatic rings. The van der Waals surface area contributed by atoms with Gasteiger partial charge in [0.25, 0.3) is 0 Å². The lowest BCUT2D eigenvalue weighted by atomic mass is 9.81.